The Morgan fingerprint density at radius 3 is 2.40 bits per heavy atom. The Labute approximate surface area is 156 Å². The van der Waals surface area contributed by atoms with Crippen molar-refractivity contribution < 1.29 is 14.3 Å². The zero-order valence-corrected chi connectivity index (χ0v) is 14.9. The van der Waals surface area contributed by atoms with E-state index in [4.69, 9.17) is 27.9 Å². The molecule has 25 heavy (non-hydrogen) atoms. The summed E-state index contributed by atoms with van der Waals surface area (Å²) in [6.07, 6.45) is 0.242. The number of rotatable bonds is 8. The smallest absolute Gasteiger partial charge is 0.252 e. The lowest BCUT2D eigenvalue weighted by Crippen LogP contribution is -2.35. The number of carbonyl (C=O) groups excluding carboxylic acids is 2. The van der Waals surface area contributed by atoms with E-state index in [2.05, 4.69) is 10.6 Å². The lowest BCUT2D eigenvalue weighted by molar-refractivity contribution is -0.121. The van der Waals surface area contributed by atoms with Crippen LogP contribution >= 0.6 is 23.2 Å². The number of nitrogens with one attached hydrogen (secondary N) is 2. The van der Waals surface area contributed by atoms with Crippen molar-refractivity contribution in [3.8, 4) is 5.75 Å². The molecule has 0 bridgehead atoms. The van der Waals surface area contributed by atoms with Crippen LogP contribution < -0.4 is 15.4 Å². The molecule has 2 N–H and O–H groups in total. The van der Waals surface area contributed by atoms with Crippen LogP contribution in [0.25, 0.3) is 0 Å². The molecule has 0 heterocycles. The second-order valence-corrected chi connectivity index (χ2v) is 5.99. The Bertz CT molecular complexity index is 724. The average molecular weight is 381 g/mol. The zero-order chi connectivity index (χ0) is 18.1. The molecule has 5 nitrogen and oxygen atoms in total. The van der Waals surface area contributed by atoms with E-state index in [0.717, 1.165) is 5.75 Å². The van der Waals surface area contributed by atoms with Crippen molar-refractivity contribution in [2.45, 2.75) is 6.42 Å². The molecule has 0 radical (unpaired) electrons. The minimum absolute atomic E-state index is 0.144. The van der Waals surface area contributed by atoms with Crippen molar-refractivity contribution >= 4 is 35.0 Å². The molecule has 0 aromatic heterocycles. The highest BCUT2D eigenvalue weighted by Crippen LogP contribution is 2.20. The van der Waals surface area contributed by atoms with Crippen molar-refractivity contribution in [2.24, 2.45) is 0 Å². The molecule has 7 heteroatoms. The SMILES string of the molecule is O=C(CCOc1ccccc1)NCCNC(=O)c1ccc(Cl)cc1Cl. The number of amides is 2. The number of benzene rings is 2. The third-order valence-electron chi connectivity index (χ3n) is 3.25. The minimum Gasteiger partial charge on any atom is -0.493 e. The number of carbonyl (C=O) groups is 2. The van der Waals surface area contributed by atoms with E-state index in [-0.39, 0.29) is 23.3 Å². The summed E-state index contributed by atoms with van der Waals surface area (Å²) in [5.74, 6) is 0.264. The van der Waals surface area contributed by atoms with Gasteiger partial charge in [-0.3, -0.25) is 9.59 Å². The van der Waals surface area contributed by atoms with Crippen LogP contribution in [0.15, 0.2) is 48.5 Å². The van der Waals surface area contributed by atoms with E-state index >= 15 is 0 Å². The van der Waals surface area contributed by atoms with Crippen LogP contribution in [0, 0.1) is 0 Å². The van der Waals surface area contributed by atoms with E-state index in [9.17, 15) is 9.59 Å². The molecular weight excluding hydrogens is 363 g/mol. The van der Waals surface area contributed by atoms with Crippen molar-refractivity contribution in [2.75, 3.05) is 19.7 Å². The highest BCUT2D eigenvalue weighted by molar-refractivity contribution is 6.36. The van der Waals surface area contributed by atoms with Gasteiger partial charge in [-0.2, -0.15) is 0 Å². The summed E-state index contributed by atoms with van der Waals surface area (Å²) < 4.78 is 5.45. The third kappa shape index (κ3) is 6.64. The predicted molar refractivity (Wildman–Crippen MR) is 98.4 cm³/mol. The molecule has 0 saturated heterocycles. The van der Waals surface area contributed by atoms with Gasteiger partial charge in [-0.25, -0.2) is 0 Å². The Morgan fingerprint density at radius 2 is 1.68 bits per heavy atom. The highest BCUT2D eigenvalue weighted by Gasteiger charge is 2.10. The molecule has 0 atom stereocenters. The fourth-order valence-electron chi connectivity index (χ4n) is 2.01. The summed E-state index contributed by atoms with van der Waals surface area (Å²) >= 11 is 11.8. The van der Waals surface area contributed by atoms with Gasteiger partial charge in [-0.15, -0.1) is 0 Å². The van der Waals surface area contributed by atoms with Gasteiger partial charge in [0.2, 0.25) is 5.91 Å². The van der Waals surface area contributed by atoms with Crippen molar-refractivity contribution in [1.82, 2.24) is 10.6 Å². The zero-order valence-electron chi connectivity index (χ0n) is 13.4. The molecule has 2 rings (SSSR count). The molecule has 0 fully saturated rings. The normalized spacial score (nSPS) is 10.2. The summed E-state index contributed by atoms with van der Waals surface area (Å²) in [4.78, 5) is 23.7. The summed E-state index contributed by atoms with van der Waals surface area (Å²) in [5, 5.41) is 6.14. The van der Waals surface area contributed by atoms with Crippen molar-refractivity contribution in [3.05, 3.63) is 64.1 Å². The molecule has 2 amide bonds. The van der Waals surface area contributed by atoms with Gasteiger partial charge in [-0.1, -0.05) is 41.4 Å². The first-order valence-corrected chi connectivity index (χ1v) is 8.49. The van der Waals surface area contributed by atoms with Crippen LogP contribution in [0.3, 0.4) is 0 Å². The summed E-state index contributed by atoms with van der Waals surface area (Å²) in [7, 11) is 0. The average Bonchev–Trinajstić information content (AvgIpc) is 2.59. The second-order valence-electron chi connectivity index (χ2n) is 5.14. The molecular formula is C18H18Cl2N2O3. The molecule has 0 aliphatic carbocycles. The Morgan fingerprint density at radius 1 is 0.960 bits per heavy atom. The van der Waals surface area contributed by atoms with Gasteiger partial charge in [0, 0.05) is 18.1 Å². The first kappa shape index (κ1) is 19.1. The minimum atomic E-state index is -0.316. The molecule has 0 saturated carbocycles. The van der Waals surface area contributed by atoms with E-state index < -0.39 is 0 Å². The van der Waals surface area contributed by atoms with E-state index in [1.54, 1.807) is 12.1 Å². The molecule has 132 valence electrons. The second kappa shape index (κ2) is 9.91. The van der Waals surface area contributed by atoms with Crippen molar-refractivity contribution in [1.29, 1.82) is 0 Å². The van der Waals surface area contributed by atoms with Crippen molar-refractivity contribution in [3.63, 3.8) is 0 Å². The van der Waals surface area contributed by atoms with Crippen LogP contribution in [-0.2, 0) is 4.79 Å². The molecule has 0 spiro atoms. The highest BCUT2D eigenvalue weighted by atomic mass is 35.5. The van der Waals surface area contributed by atoms with Gasteiger partial charge in [0.15, 0.2) is 0 Å². The van der Waals surface area contributed by atoms with E-state index in [0.29, 0.717) is 30.3 Å². The number of hydrogen-bond acceptors (Lipinski definition) is 3. The maximum Gasteiger partial charge on any atom is 0.252 e. The van der Waals surface area contributed by atoms with Gasteiger partial charge in [0.1, 0.15) is 5.75 Å². The van der Waals surface area contributed by atoms with E-state index in [1.165, 1.54) is 6.07 Å². The number of para-hydroxylation sites is 1. The standard InChI is InChI=1S/C18H18Cl2N2O3/c19-13-6-7-15(16(20)12-13)18(24)22-10-9-21-17(23)8-11-25-14-4-2-1-3-5-14/h1-7,12H,8-11H2,(H,21,23)(H,22,24). The maximum absolute atomic E-state index is 12.0. The van der Waals surface area contributed by atoms with Gasteiger partial charge >= 0.3 is 0 Å². The first-order chi connectivity index (χ1) is 12.1. The van der Waals surface area contributed by atoms with Crippen LogP contribution in [0.5, 0.6) is 5.75 Å². The van der Waals surface area contributed by atoms with Crippen LogP contribution in [0.1, 0.15) is 16.8 Å². The Balaban J connectivity index is 1.62. The van der Waals surface area contributed by atoms with Gasteiger partial charge in [-0.05, 0) is 30.3 Å². The molecule has 2 aromatic carbocycles. The number of halogens is 2. The maximum atomic E-state index is 12.0. The Kier molecular flexibility index (Phi) is 7.57. The van der Waals surface area contributed by atoms with Crippen LogP contribution in [0.4, 0.5) is 0 Å². The largest absolute Gasteiger partial charge is 0.493 e. The molecule has 0 unspecified atom stereocenters. The Hall–Kier alpha value is -2.24. The fourth-order valence-corrected chi connectivity index (χ4v) is 2.51. The molecule has 0 aliphatic heterocycles. The lowest BCUT2D eigenvalue weighted by Gasteiger charge is -2.09. The number of hydrogen-bond donors (Lipinski definition) is 2. The van der Waals surface area contributed by atoms with Gasteiger partial charge < -0.3 is 15.4 Å². The summed E-state index contributed by atoms with van der Waals surface area (Å²) in [5.41, 5.74) is 0.341. The van der Waals surface area contributed by atoms with E-state index in [1.807, 2.05) is 30.3 Å². The van der Waals surface area contributed by atoms with Crippen LogP contribution in [-0.4, -0.2) is 31.5 Å². The third-order valence-corrected chi connectivity index (χ3v) is 3.80. The lowest BCUT2D eigenvalue weighted by atomic mass is 10.2. The molecule has 0 aliphatic rings. The molecule has 2 aromatic rings. The monoisotopic (exact) mass is 380 g/mol. The summed E-state index contributed by atoms with van der Waals surface area (Å²) in [6.45, 7) is 0.910. The fraction of sp³-hybridized carbons (Fsp3) is 0.222. The van der Waals surface area contributed by atoms with Gasteiger partial charge in [0.05, 0.1) is 23.6 Å². The predicted octanol–water partition coefficient (Wildman–Crippen LogP) is 3.31. The first-order valence-electron chi connectivity index (χ1n) is 7.74. The number of ether oxygens (including phenoxy) is 1. The van der Waals surface area contributed by atoms with Crippen LogP contribution in [0.2, 0.25) is 10.0 Å². The summed E-state index contributed by atoms with van der Waals surface area (Å²) in [6, 6.07) is 13.9. The topological polar surface area (TPSA) is 67.4 Å². The quantitative estimate of drug-likeness (QED) is 0.690. The van der Waals surface area contributed by atoms with Gasteiger partial charge in [0.25, 0.3) is 5.91 Å².